The maximum Gasteiger partial charge on any atom is 0.272 e. The molecule has 28 heavy (non-hydrogen) atoms. The number of hydrazone groups is 1. The van der Waals surface area contributed by atoms with Gasteiger partial charge in [0.05, 0.1) is 28.7 Å². The average molecular weight is 374 g/mol. The van der Waals surface area contributed by atoms with Crippen molar-refractivity contribution in [3.8, 4) is 5.69 Å². The summed E-state index contributed by atoms with van der Waals surface area (Å²) in [6.45, 7) is 3.94. The Labute approximate surface area is 163 Å². The standard InChI is InChI=1S/C21H22N6O/c1-16-19(15-23-24-20(28)17-8-7-11-22-14-17)21(26-12-5-6-13-26)27(25-16)18-9-3-2-4-10-18/h2-4,7-11,14-15H,5-6,12-13H2,1H3,(H,24,28)/b23-15-. The fraction of sp³-hybridized carbons (Fsp3) is 0.238. The van der Waals surface area contributed by atoms with Gasteiger partial charge in [-0.05, 0) is 44.0 Å². The topological polar surface area (TPSA) is 75.4 Å². The fourth-order valence-corrected chi connectivity index (χ4v) is 3.38. The number of aromatic nitrogens is 3. The number of carbonyl (C=O) groups excluding carboxylic acids is 1. The monoisotopic (exact) mass is 374 g/mol. The summed E-state index contributed by atoms with van der Waals surface area (Å²) in [6, 6.07) is 13.5. The van der Waals surface area contributed by atoms with E-state index in [-0.39, 0.29) is 5.91 Å². The first-order valence-corrected chi connectivity index (χ1v) is 9.37. The molecule has 3 aromatic rings. The van der Waals surface area contributed by atoms with Crippen molar-refractivity contribution in [3.05, 3.63) is 71.7 Å². The van der Waals surface area contributed by atoms with Crippen LogP contribution >= 0.6 is 0 Å². The lowest BCUT2D eigenvalue weighted by Crippen LogP contribution is -2.23. The Bertz CT molecular complexity index is 975. The summed E-state index contributed by atoms with van der Waals surface area (Å²) in [6.07, 6.45) is 7.15. The molecule has 4 rings (SSSR count). The third kappa shape index (κ3) is 3.64. The van der Waals surface area contributed by atoms with Crippen molar-refractivity contribution in [2.24, 2.45) is 5.10 Å². The van der Waals surface area contributed by atoms with Crippen LogP contribution < -0.4 is 10.3 Å². The van der Waals surface area contributed by atoms with E-state index in [2.05, 4.69) is 20.4 Å². The predicted octanol–water partition coefficient (Wildman–Crippen LogP) is 2.94. The minimum atomic E-state index is -0.292. The molecule has 0 spiro atoms. The molecule has 1 saturated heterocycles. The Morgan fingerprint density at radius 3 is 2.64 bits per heavy atom. The molecule has 7 nitrogen and oxygen atoms in total. The maximum absolute atomic E-state index is 12.2. The van der Waals surface area contributed by atoms with Crippen LogP contribution in [-0.2, 0) is 0 Å². The molecule has 0 saturated carbocycles. The Morgan fingerprint density at radius 2 is 1.93 bits per heavy atom. The van der Waals surface area contributed by atoms with E-state index >= 15 is 0 Å². The molecule has 2 aromatic heterocycles. The molecule has 1 N–H and O–H groups in total. The van der Waals surface area contributed by atoms with Crippen LogP contribution in [0, 0.1) is 6.92 Å². The molecule has 1 aliphatic heterocycles. The highest BCUT2D eigenvalue weighted by Crippen LogP contribution is 2.28. The lowest BCUT2D eigenvalue weighted by atomic mass is 10.2. The molecule has 3 heterocycles. The van der Waals surface area contributed by atoms with Crippen molar-refractivity contribution in [2.75, 3.05) is 18.0 Å². The van der Waals surface area contributed by atoms with Crippen LogP contribution in [0.1, 0.15) is 34.5 Å². The highest BCUT2D eigenvalue weighted by atomic mass is 16.2. The van der Waals surface area contributed by atoms with Crippen molar-refractivity contribution < 1.29 is 4.79 Å². The minimum Gasteiger partial charge on any atom is -0.356 e. The highest BCUT2D eigenvalue weighted by Gasteiger charge is 2.23. The lowest BCUT2D eigenvalue weighted by Gasteiger charge is -2.20. The first-order chi connectivity index (χ1) is 13.7. The summed E-state index contributed by atoms with van der Waals surface area (Å²) < 4.78 is 1.96. The number of pyridine rings is 1. The van der Waals surface area contributed by atoms with E-state index in [0.717, 1.165) is 48.7 Å². The summed E-state index contributed by atoms with van der Waals surface area (Å²) in [4.78, 5) is 18.5. The van der Waals surface area contributed by atoms with Gasteiger partial charge < -0.3 is 4.90 Å². The van der Waals surface area contributed by atoms with Crippen LogP contribution in [0.4, 0.5) is 5.82 Å². The minimum absolute atomic E-state index is 0.292. The summed E-state index contributed by atoms with van der Waals surface area (Å²) in [5, 5.41) is 8.93. The first-order valence-electron chi connectivity index (χ1n) is 9.37. The zero-order chi connectivity index (χ0) is 19.3. The smallest absolute Gasteiger partial charge is 0.272 e. The van der Waals surface area contributed by atoms with Crippen LogP contribution in [0.15, 0.2) is 60.0 Å². The van der Waals surface area contributed by atoms with Gasteiger partial charge in [-0.15, -0.1) is 0 Å². The van der Waals surface area contributed by atoms with Crippen LogP contribution in [0.5, 0.6) is 0 Å². The summed E-state index contributed by atoms with van der Waals surface area (Å²) in [5.74, 6) is 0.723. The second-order valence-electron chi connectivity index (χ2n) is 6.71. The third-order valence-electron chi connectivity index (χ3n) is 4.77. The van der Waals surface area contributed by atoms with Crippen LogP contribution in [0.25, 0.3) is 5.69 Å². The molecule has 142 valence electrons. The van der Waals surface area contributed by atoms with Crippen molar-refractivity contribution in [3.63, 3.8) is 0 Å². The zero-order valence-corrected chi connectivity index (χ0v) is 15.7. The van der Waals surface area contributed by atoms with Gasteiger partial charge in [0.2, 0.25) is 0 Å². The Kier molecular flexibility index (Phi) is 5.14. The Morgan fingerprint density at radius 1 is 1.14 bits per heavy atom. The number of benzene rings is 1. The van der Waals surface area contributed by atoms with Gasteiger partial charge in [0, 0.05) is 25.5 Å². The van der Waals surface area contributed by atoms with Gasteiger partial charge in [0.25, 0.3) is 5.91 Å². The normalized spacial score (nSPS) is 14.0. The molecule has 1 aromatic carbocycles. The fourth-order valence-electron chi connectivity index (χ4n) is 3.38. The number of para-hydroxylation sites is 1. The van der Waals surface area contributed by atoms with E-state index in [4.69, 9.17) is 5.10 Å². The number of hydrogen-bond acceptors (Lipinski definition) is 5. The Hall–Kier alpha value is -3.48. The molecule has 0 aliphatic carbocycles. The quantitative estimate of drug-likeness (QED) is 0.550. The molecule has 7 heteroatoms. The van der Waals surface area contributed by atoms with E-state index in [1.54, 1.807) is 24.5 Å². The molecule has 0 atom stereocenters. The molecule has 1 fully saturated rings. The number of rotatable bonds is 5. The number of hydrogen-bond donors (Lipinski definition) is 1. The highest BCUT2D eigenvalue weighted by molar-refractivity contribution is 5.95. The van der Waals surface area contributed by atoms with Crippen molar-refractivity contribution in [1.29, 1.82) is 0 Å². The van der Waals surface area contributed by atoms with E-state index in [1.165, 1.54) is 6.20 Å². The second kappa shape index (κ2) is 8.04. The van der Waals surface area contributed by atoms with Crippen molar-refractivity contribution >= 4 is 17.9 Å². The molecule has 0 unspecified atom stereocenters. The summed E-state index contributed by atoms with van der Waals surface area (Å²) in [5.41, 5.74) is 5.83. The van der Waals surface area contributed by atoms with E-state index in [1.807, 2.05) is 41.9 Å². The number of nitrogens with one attached hydrogen (secondary N) is 1. The average Bonchev–Trinajstić information content (AvgIpc) is 3.37. The molecule has 0 bridgehead atoms. The Balaban J connectivity index is 1.64. The lowest BCUT2D eigenvalue weighted by molar-refractivity contribution is 0.0955. The molecule has 1 aliphatic rings. The van der Waals surface area contributed by atoms with Crippen LogP contribution in [-0.4, -0.2) is 40.0 Å². The predicted molar refractivity (Wildman–Crippen MR) is 109 cm³/mol. The number of aryl methyl sites for hydroxylation is 1. The molecular formula is C21H22N6O. The van der Waals surface area contributed by atoms with E-state index in [9.17, 15) is 4.79 Å². The van der Waals surface area contributed by atoms with Crippen LogP contribution in [0.3, 0.4) is 0 Å². The number of amides is 1. The van der Waals surface area contributed by atoms with Crippen molar-refractivity contribution in [1.82, 2.24) is 20.2 Å². The number of anilines is 1. The molecular weight excluding hydrogens is 352 g/mol. The van der Waals surface area contributed by atoms with Crippen molar-refractivity contribution in [2.45, 2.75) is 19.8 Å². The SMILES string of the molecule is Cc1nn(-c2ccccc2)c(N2CCCC2)c1/C=N\NC(=O)c1cccnc1. The van der Waals surface area contributed by atoms with E-state index in [0.29, 0.717) is 5.56 Å². The maximum atomic E-state index is 12.2. The van der Waals surface area contributed by atoms with Gasteiger partial charge in [-0.3, -0.25) is 9.78 Å². The van der Waals surface area contributed by atoms with Gasteiger partial charge in [-0.1, -0.05) is 18.2 Å². The van der Waals surface area contributed by atoms with Crippen LogP contribution in [0.2, 0.25) is 0 Å². The van der Waals surface area contributed by atoms with Gasteiger partial charge in [-0.25, -0.2) is 10.1 Å². The summed E-state index contributed by atoms with van der Waals surface area (Å²) >= 11 is 0. The second-order valence-corrected chi connectivity index (χ2v) is 6.71. The molecule has 1 amide bonds. The number of carbonyl (C=O) groups is 1. The molecule has 0 radical (unpaired) electrons. The first kappa shape index (κ1) is 17.9. The zero-order valence-electron chi connectivity index (χ0n) is 15.7. The van der Waals surface area contributed by atoms with Gasteiger partial charge in [0.1, 0.15) is 5.82 Å². The summed E-state index contributed by atoms with van der Waals surface area (Å²) in [7, 11) is 0. The van der Waals surface area contributed by atoms with E-state index < -0.39 is 0 Å². The number of nitrogens with zero attached hydrogens (tertiary/aromatic N) is 5. The van der Waals surface area contributed by atoms with Gasteiger partial charge in [-0.2, -0.15) is 10.2 Å². The largest absolute Gasteiger partial charge is 0.356 e. The van der Waals surface area contributed by atoms with Gasteiger partial charge in [0.15, 0.2) is 0 Å². The third-order valence-corrected chi connectivity index (χ3v) is 4.77. The van der Waals surface area contributed by atoms with Gasteiger partial charge >= 0.3 is 0 Å².